The molecule has 0 aromatic heterocycles. The van der Waals surface area contributed by atoms with Crippen LogP contribution >= 0.6 is 0 Å². The first-order valence-corrected chi connectivity index (χ1v) is 3.06. The largest absolute Gasteiger partial charge is 0.285 e. The number of nitrogens with two attached hydrogens (primary N) is 1. The average molecular weight is 126 g/mol. The van der Waals surface area contributed by atoms with Crippen LogP contribution in [0, 0.1) is 0 Å². The van der Waals surface area contributed by atoms with Gasteiger partial charge in [0.1, 0.15) is 5.88 Å². The van der Waals surface area contributed by atoms with Gasteiger partial charge in [-0.2, -0.15) is 8.42 Å². The first-order chi connectivity index (χ1) is 3.06. The summed E-state index contributed by atoms with van der Waals surface area (Å²) < 4.78 is 27.1. The first kappa shape index (κ1) is 6.83. The summed E-state index contributed by atoms with van der Waals surface area (Å²) in [4.78, 5) is 0. The van der Waals surface area contributed by atoms with Crippen molar-refractivity contribution in [2.45, 2.75) is 0 Å². The maximum absolute atomic E-state index is 9.64. The van der Waals surface area contributed by atoms with Crippen molar-refractivity contribution in [3.63, 3.8) is 0 Å². The predicted octanol–water partition coefficient (Wildman–Crippen LogP) is -1.70. The highest BCUT2D eigenvalue weighted by Gasteiger charge is 1.97. The second kappa shape index (κ2) is 2.22. The zero-order valence-electron chi connectivity index (χ0n) is 3.46. The van der Waals surface area contributed by atoms with Gasteiger partial charge in [-0.15, -0.1) is 0 Å². The van der Waals surface area contributed by atoms with Crippen LogP contribution in [0.3, 0.4) is 0 Å². The van der Waals surface area contributed by atoms with Crippen LogP contribution in [0.4, 0.5) is 0 Å². The van der Waals surface area contributed by atoms with E-state index in [9.17, 15) is 8.42 Å². The van der Waals surface area contributed by atoms with Crippen LogP contribution < -0.4 is 11.3 Å². The van der Waals surface area contributed by atoms with Crippen LogP contribution in [0.2, 0.25) is 0 Å². The first-order valence-electron chi connectivity index (χ1n) is 1.45. The summed E-state index contributed by atoms with van der Waals surface area (Å²) in [7, 11) is -3.91. The van der Waals surface area contributed by atoms with Crippen LogP contribution in [0.5, 0.6) is 0 Å². The molecular weight excluding hydrogens is 120 g/mol. The molecule has 0 aromatic rings. The average Bonchev–Trinajstić information content (AvgIpc) is 1.30. The number of rotatable bonds is 2. The normalized spacial score (nSPS) is 11.7. The van der Waals surface area contributed by atoms with Crippen molar-refractivity contribution in [2.75, 3.05) is 5.88 Å². The molecule has 4 N–H and O–H groups in total. The van der Waals surface area contributed by atoms with Crippen molar-refractivity contribution in [3.8, 4) is 0 Å². The molecule has 7 heavy (non-hydrogen) atoms. The minimum absolute atomic E-state index is 0.604. The van der Waals surface area contributed by atoms with E-state index in [-0.39, 0.29) is 0 Å². The highest BCUT2D eigenvalue weighted by atomic mass is 32.2. The van der Waals surface area contributed by atoms with Gasteiger partial charge in [0.05, 0.1) is 0 Å². The predicted molar refractivity (Wildman–Crippen MR) is 23.7 cm³/mol. The molecule has 0 aliphatic carbocycles. The Bertz CT molecular complexity index is 126. The van der Waals surface area contributed by atoms with E-state index >= 15 is 0 Å². The maximum atomic E-state index is 9.64. The van der Waals surface area contributed by atoms with Gasteiger partial charge in [-0.1, -0.05) is 0 Å². The monoisotopic (exact) mass is 126 g/mol. The zero-order chi connectivity index (χ0) is 5.91. The van der Waals surface area contributed by atoms with Crippen molar-refractivity contribution in [3.05, 3.63) is 0 Å². The Morgan fingerprint density at radius 2 is 2.14 bits per heavy atom. The Balaban J connectivity index is 3.60. The van der Waals surface area contributed by atoms with E-state index in [4.69, 9.17) is 4.55 Å². The van der Waals surface area contributed by atoms with Crippen LogP contribution in [0.15, 0.2) is 0 Å². The Morgan fingerprint density at radius 3 is 2.14 bits per heavy atom. The molecule has 0 spiro atoms. The van der Waals surface area contributed by atoms with Gasteiger partial charge in [0.25, 0.3) is 10.1 Å². The molecule has 0 atom stereocenters. The Labute approximate surface area is 41.2 Å². The van der Waals surface area contributed by atoms with Gasteiger partial charge in [-0.05, 0) is 0 Å². The third kappa shape index (κ3) is 5.83. The van der Waals surface area contributed by atoms with E-state index in [2.05, 4.69) is 5.84 Å². The van der Waals surface area contributed by atoms with Gasteiger partial charge in [-0.3, -0.25) is 10.4 Å². The van der Waals surface area contributed by atoms with Gasteiger partial charge in [0.2, 0.25) is 0 Å². The van der Waals surface area contributed by atoms with Crippen LogP contribution in [0.25, 0.3) is 0 Å². The molecule has 0 bridgehead atoms. The second-order valence-electron chi connectivity index (χ2n) is 0.930. The van der Waals surface area contributed by atoms with E-state index in [0.717, 1.165) is 0 Å². The molecule has 0 aliphatic heterocycles. The molecule has 0 heterocycles. The Kier molecular flexibility index (Phi) is 2.16. The summed E-state index contributed by atoms with van der Waals surface area (Å²) in [5, 5.41) is 0. The summed E-state index contributed by atoms with van der Waals surface area (Å²) in [5.41, 5.74) is 1.77. The third-order valence-electron chi connectivity index (χ3n) is 0.266. The van der Waals surface area contributed by atoms with Crippen molar-refractivity contribution in [2.24, 2.45) is 5.84 Å². The molecule has 0 saturated heterocycles. The molecule has 0 unspecified atom stereocenters. The van der Waals surface area contributed by atoms with E-state index in [0.29, 0.717) is 0 Å². The minimum Gasteiger partial charge on any atom is -0.285 e. The fourth-order valence-corrected chi connectivity index (χ4v) is 0.316. The van der Waals surface area contributed by atoms with Crippen LogP contribution in [-0.4, -0.2) is 18.8 Å². The molecule has 0 saturated carbocycles. The molecule has 0 aliphatic rings. The molecule has 0 aromatic carbocycles. The van der Waals surface area contributed by atoms with E-state index in [1.807, 2.05) is 0 Å². The zero-order valence-corrected chi connectivity index (χ0v) is 4.27. The van der Waals surface area contributed by atoms with Crippen molar-refractivity contribution >= 4 is 10.1 Å². The minimum atomic E-state index is -3.91. The summed E-state index contributed by atoms with van der Waals surface area (Å²) in [6.45, 7) is 0. The quantitative estimate of drug-likeness (QED) is 0.233. The van der Waals surface area contributed by atoms with Gasteiger partial charge < -0.3 is 0 Å². The summed E-state index contributed by atoms with van der Waals surface area (Å²) in [6.07, 6.45) is 0. The molecule has 44 valence electrons. The standard InChI is InChI=1S/CH6N2O3S/c2-3-1-7(4,5)6/h3H,1-2H2,(H,4,5,6). The van der Waals surface area contributed by atoms with Crippen molar-refractivity contribution in [1.29, 1.82) is 0 Å². The Hall–Kier alpha value is -0.170. The molecule has 0 amide bonds. The number of hydrazine groups is 1. The fraction of sp³-hybridized carbons (Fsp3) is 1.00. The van der Waals surface area contributed by atoms with Gasteiger partial charge in [-0.25, -0.2) is 5.43 Å². The number of nitrogens with one attached hydrogen (secondary N) is 1. The SMILES string of the molecule is NNCS(=O)(=O)O. The molecule has 5 nitrogen and oxygen atoms in total. The number of hydrogen-bond acceptors (Lipinski definition) is 4. The summed E-state index contributed by atoms with van der Waals surface area (Å²) in [5.74, 6) is 3.92. The molecule has 6 heteroatoms. The molecule has 0 rings (SSSR count). The highest BCUT2D eigenvalue weighted by molar-refractivity contribution is 7.85. The van der Waals surface area contributed by atoms with E-state index < -0.39 is 16.0 Å². The molecule has 0 fully saturated rings. The Morgan fingerprint density at radius 1 is 1.71 bits per heavy atom. The van der Waals surface area contributed by atoms with E-state index in [1.54, 1.807) is 5.43 Å². The van der Waals surface area contributed by atoms with Crippen molar-refractivity contribution < 1.29 is 13.0 Å². The highest BCUT2D eigenvalue weighted by Crippen LogP contribution is 1.70. The lowest BCUT2D eigenvalue weighted by Crippen LogP contribution is -2.28. The topological polar surface area (TPSA) is 92.4 Å². The molecule has 0 radical (unpaired) electrons. The number of hydrogen-bond donors (Lipinski definition) is 3. The van der Waals surface area contributed by atoms with Gasteiger partial charge in [0.15, 0.2) is 0 Å². The van der Waals surface area contributed by atoms with Gasteiger partial charge in [0, 0.05) is 0 Å². The molecular formula is CH6N2O3S. The van der Waals surface area contributed by atoms with E-state index in [1.165, 1.54) is 0 Å². The third-order valence-corrected chi connectivity index (χ3v) is 0.797. The smallest absolute Gasteiger partial charge is 0.279 e. The second-order valence-corrected chi connectivity index (χ2v) is 2.38. The van der Waals surface area contributed by atoms with Crippen molar-refractivity contribution in [1.82, 2.24) is 5.43 Å². The summed E-state index contributed by atoms with van der Waals surface area (Å²) in [6, 6.07) is 0. The fourth-order valence-electron chi connectivity index (χ4n) is 0.105. The lowest BCUT2D eigenvalue weighted by Gasteiger charge is -1.89. The summed E-state index contributed by atoms with van der Waals surface area (Å²) >= 11 is 0. The maximum Gasteiger partial charge on any atom is 0.279 e. The van der Waals surface area contributed by atoms with Crippen LogP contribution in [0.1, 0.15) is 0 Å². The van der Waals surface area contributed by atoms with Gasteiger partial charge >= 0.3 is 0 Å². The lowest BCUT2D eigenvalue weighted by atomic mass is 11.5. The van der Waals surface area contributed by atoms with Crippen LogP contribution in [-0.2, 0) is 10.1 Å². The lowest BCUT2D eigenvalue weighted by molar-refractivity contribution is 0.477.